The minimum absolute atomic E-state index is 0.140. The molecule has 2 unspecified atom stereocenters. The molecule has 5 N–H and O–H groups in total. The van der Waals surface area contributed by atoms with Gasteiger partial charge in [-0.2, -0.15) is 0 Å². The molecule has 2 atom stereocenters. The predicted molar refractivity (Wildman–Crippen MR) is 70.6 cm³/mol. The Hall–Kier alpha value is -1.72. The fourth-order valence-electron chi connectivity index (χ4n) is 2.65. The lowest BCUT2D eigenvalue weighted by molar-refractivity contribution is 0.0506. The van der Waals surface area contributed by atoms with E-state index in [1.54, 1.807) is 24.3 Å². The second kappa shape index (κ2) is 5.11. The highest BCUT2D eigenvalue weighted by molar-refractivity contribution is 6.08. The van der Waals surface area contributed by atoms with Crippen LogP contribution in [0.4, 0.5) is 0 Å². The van der Waals surface area contributed by atoms with Gasteiger partial charge < -0.3 is 16.6 Å². The zero-order chi connectivity index (χ0) is 14.0. The van der Waals surface area contributed by atoms with Crippen molar-refractivity contribution in [3.63, 3.8) is 0 Å². The van der Waals surface area contributed by atoms with E-state index >= 15 is 0 Å². The van der Waals surface area contributed by atoms with Crippen molar-refractivity contribution in [2.24, 2.45) is 17.4 Å². The van der Waals surface area contributed by atoms with Gasteiger partial charge in [0.15, 0.2) is 5.78 Å². The van der Waals surface area contributed by atoms with Crippen molar-refractivity contribution >= 4 is 11.7 Å². The summed E-state index contributed by atoms with van der Waals surface area (Å²) in [5.74, 6) is -1.05. The SMILES string of the molecule is NCC1(O)CCC(C(=O)c2ccccc2C(N)=O)C1. The van der Waals surface area contributed by atoms with Crippen LogP contribution in [0, 0.1) is 5.92 Å². The number of carbonyl (C=O) groups excluding carboxylic acids is 2. The van der Waals surface area contributed by atoms with Crippen LogP contribution in [0.25, 0.3) is 0 Å². The third kappa shape index (κ3) is 2.67. The van der Waals surface area contributed by atoms with Crippen LogP contribution >= 0.6 is 0 Å². The number of hydrogen-bond acceptors (Lipinski definition) is 4. The van der Waals surface area contributed by atoms with E-state index in [9.17, 15) is 14.7 Å². The molecule has 0 aliphatic heterocycles. The van der Waals surface area contributed by atoms with E-state index in [1.165, 1.54) is 0 Å². The molecule has 1 aromatic carbocycles. The monoisotopic (exact) mass is 262 g/mol. The highest BCUT2D eigenvalue weighted by Crippen LogP contribution is 2.36. The quantitative estimate of drug-likeness (QED) is 0.685. The lowest BCUT2D eigenvalue weighted by atomic mass is 9.91. The molecule has 0 radical (unpaired) electrons. The van der Waals surface area contributed by atoms with Gasteiger partial charge in [0.2, 0.25) is 5.91 Å². The number of carbonyl (C=O) groups is 2. The number of ketones is 1. The van der Waals surface area contributed by atoms with Crippen LogP contribution in [0.1, 0.15) is 40.0 Å². The Balaban J connectivity index is 2.24. The van der Waals surface area contributed by atoms with Crippen LogP contribution < -0.4 is 11.5 Å². The molecular weight excluding hydrogens is 244 g/mol. The summed E-state index contributed by atoms with van der Waals surface area (Å²) in [4.78, 5) is 23.7. The third-order valence-corrected chi connectivity index (χ3v) is 3.79. The summed E-state index contributed by atoms with van der Waals surface area (Å²) in [7, 11) is 0. The molecule has 5 nitrogen and oxygen atoms in total. The van der Waals surface area contributed by atoms with Gasteiger partial charge >= 0.3 is 0 Å². The molecule has 0 spiro atoms. The Morgan fingerprint density at radius 2 is 1.95 bits per heavy atom. The van der Waals surface area contributed by atoms with Gasteiger partial charge in [0.25, 0.3) is 0 Å². The minimum Gasteiger partial charge on any atom is -0.389 e. The van der Waals surface area contributed by atoms with Gasteiger partial charge in [0.05, 0.1) is 5.60 Å². The van der Waals surface area contributed by atoms with E-state index in [1.807, 2.05) is 0 Å². The summed E-state index contributed by atoms with van der Waals surface area (Å²) >= 11 is 0. The van der Waals surface area contributed by atoms with Crippen LogP contribution in [-0.2, 0) is 0 Å². The molecule has 1 aliphatic carbocycles. The molecule has 19 heavy (non-hydrogen) atoms. The number of Topliss-reactive ketones (excluding diaryl/α,β-unsaturated/α-hetero) is 1. The Kier molecular flexibility index (Phi) is 3.68. The first kappa shape index (κ1) is 13.7. The van der Waals surface area contributed by atoms with Gasteiger partial charge in [-0.15, -0.1) is 0 Å². The van der Waals surface area contributed by atoms with Crippen LogP contribution in [0.3, 0.4) is 0 Å². The van der Waals surface area contributed by atoms with Gasteiger partial charge in [-0.3, -0.25) is 9.59 Å². The molecule has 0 bridgehead atoms. The first-order valence-corrected chi connectivity index (χ1v) is 6.32. The fourth-order valence-corrected chi connectivity index (χ4v) is 2.65. The highest BCUT2D eigenvalue weighted by Gasteiger charge is 2.40. The second-order valence-electron chi connectivity index (χ2n) is 5.14. The van der Waals surface area contributed by atoms with E-state index < -0.39 is 11.5 Å². The maximum Gasteiger partial charge on any atom is 0.249 e. The van der Waals surface area contributed by atoms with Crippen molar-refractivity contribution in [2.45, 2.75) is 24.9 Å². The number of hydrogen-bond donors (Lipinski definition) is 3. The topological polar surface area (TPSA) is 106 Å². The van der Waals surface area contributed by atoms with Gasteiger partial charge in [-0.1, -0.05) is 18.2 Å². The van der Waals surface area contributed by atoms with Crippen LogP contribution in [-0.4, -0.2) is 28.9 Å². The van der Waals surface area contributed by atoms with E-state index in [0.717, 1.165) is 0 Å². The number of aliphatic hydroxyl groups is 1. The molecule has 0 saturated heterocycles. The van der Waals surface area contributed by atoms with E-state index in [-0.39, 0.29) is 23.8 Å². The third-order valence-electron chi connectivity index (χ3n) is 3.79. The number of nitrogens with two attached hydrogens (primary N) is 2. The predicted octanol–water partition coefficient (Wildman–Crippen LogP) is 0.458. The normalized spacial score (nSPS) is 26.3. The fraction of sp³-hybridized carbons (Fsp3) is 0.429. The first-order chi connectivity index (χ1) is 8.97. The smallest absolute Gasteiger partial charge is 0.249 e. The van der Waals surface area contributed by atoms with Gasteiger partial charge in [-0.05, 0) is 25.3 Å². The Labute approximate surface area is 111 Å². The summed E-state index contributed by atoms with van der Waals surface area (Å²) in [6.45, 7) is 0.147. The summed E-state index contributed by atoms with van der Waals surface area (Å²) < 4.78 is 0. The Morgan fingerprint density at radius 3 is 2.47 bits per heavy atom. The van der Waals surface area contributed by atoms with Crippen molar-refractivity contribution in [3.05, 3.63) is 35.4 Å². The van der Waals surface area contributed by atoms with E-state index in [2.05, 4.69) is 0 Å². The van der Waals surface area contributed by atoms with Crippen molar-refractivity contribution in [1.29, 1.82) is 0 Å². The summed E-state index contributed by atoms with van der Waals surface area (Å²) in [5.41, 5.74) is 10.4. The molecule has 5 heteroatoms. The second-order valence-corrected chi connectivity index (χ2v) is 5.14. The summed E-state index contributed by atoms with van der Waals surface area (Å²) in [6.07, 6.45) is 1.44. The van der Waals surface area contributed by atoms with Crippen LogP contribution in [0.2, 0.25) is 0 Å². The Morgan fingerprint density at radius 1 is 1.32 bits per heavy atom. The van der Waals surface area contributed by atoms with Crippen molar-refractivity contribution in [3.8, 4) is 0 Å². The highest BCUT2D eigenvalue weighted by atomic mass is 16.3. The zero-order valence-corrected chi connectivity index (χ0v) is 10.6. The van der Waals surface area contributed by atoms with Crippen molar-refractivity contribution in [2.75, 3.05) is 6.54 Å². The number of primary amides is 1. The van der Waals surface area contributed by atoms with Crippen LogP contribution in [0.15, 0.2) is 24.3 Å². The maximum absolute atomic E-state index is 12.4. The first-order valence-electron chi connectivity index (χ1n) is 6.32. The molecule has 0 aromatic heterocycles. The van der Waals surface area contributed by atoms with Gasteiger partial charge in [-0.25, -0.2) is 0 Å². The largest absolute Gasteiger partial charge is 0.389 e. The molecular formula is C14H18N2O3. The lowest BCUT2D eigenvalue weighted by Gasteiger charge is -2.19. The lowest BCUT2D eigenvalue weighted by Crippen LogP contribution is -2.35. The molecule has 1 fully saturated rings. The summed E-state index contributed by atoms with van der Waals surface area (Å²) in [6, 6.07) is 6.51. The molecule has 2 rings (SSSR count). The molecule has 1 saturated carbocycles. The average molecular weight is 262 g/mol. The van der Waals surface area contributed by atoms with E-state index in [4.69, 9.17) is 11.5 Å². The van der Waals surface area contributed by atoms with E-state index in [0.29, 0.717) is 24.8 Å². The van der Waals surface area contributed by atoms with Gasteiger partial charge in [0.1, 0.15) is 0 Å². The Bertz CT molecular complexity index is 515. The van der Waals surface area contributed by atoms with Crippen molar-refractivity contribution < 1.29 is 14.7 Å². The molecule has 1 aromatic rings. The number of benzene rings is 1. The molecule has 1 amide bonds. The maximum atomic E-state index is 12.4. The number of rotatable bonds is 4. The summed E-state index contributed by atoms with van der Waals surface area (Å²) in [5, 5.41) is 10.1. The minimum atomic E-state index is -0.956. The average Bonchev–Trinajstić information content (AvgIpc) is 2.81. The molecule has 102 valence electrons. The number of amides is 1. The van der Waals surface area contributed by atoms with Crippen molar-refractivity contribution in [1.82, 2.24) is 0 Å². The molecule has 0 heterocycles. The molecule has 1 aliphatic rings. The van der Waals surface area contributed by atoms with Gasteiger partial charge in [0, 0.05) is 23.6 Å². The standard InChI is InChI=1S/C14H18N2O3/c15-8-14(19)6-5-9(7-14)12(17)10-3-1-2-4-11(10)13(16)18/h1-4,9,19H,5-8,15H2,(H2,16,18). The zero-order valence-electron chi connectivity index (χ0n) is 10.6. The van der Waals surface area contributed by atoms with Crippen LogP contribution in [0.5, 0.6) is 0 Å².